The van der Waals surface area contributed by atoms with Gasteiger partial charge < -0.3 is 15.2 Å². The monoisotopic (exact) mass is 311 g/mol. The van der Waals surface area contributed by atoms with E-state index in [9.17, 15) is 14.7 Å². The number of hydrogen-bond acceptors (Lipinski definition) is 3. The molecule has 2 N–H and O–H groups in total. The van der Waals surface area contributed by atoms with Crippen LogP contribution in [0.3, 0.4) is 0 Å². The molecule has 2 fully saturated rings. The van der Waals surface area contributed by atoms with Gasteiger partial charge in [0.2, 0.25) is 5.91 Å². The lowest BCUT2D eigenvalue weighted by atomic mass is 9.73. The number of hydrogen-bond donors (Lipinski definition) is 2. The summed E-state index contributed by atoms with van der Waals surface area (Å²) < 4.78 is 5.95. The summed E-state index contributed by atoms with van der Waals surface area (Å²) in [6.45, 7) is 3.81. The Balaban J connectivity index is 1.99. The maximum absolute atomic E-state index is 12.6. The zero-order chi connectivity index (χ0) is 16.2. The van der Waals surface area contributed by atoms with E-state index in [4.69, 9.17) is 4.74 Å². The highest BCUT2D eigenvalue weighted by Gasteiger charge is 2.43. The van der Waals surface area contributed by atoms with Crippen molar-refractivity contribution < 1.29 is 19.4 Å². The van der Waals surface area contributed by atoms with Gasteiger partial charge in [0.25, 0.3) is 0 Å². The van der Waals surface area contributed by atoms with E-state index in [-0.39, 0.29) is 12.0 Å². The van der Waals surface area contributed by atoms with E-state index in [0.717, 1.165) is 32.1 Å². The first-order valence-corrected chi connectivity index (χ1v) is 8.66. The molecule has 5 nitrogen and oxygen atoms in total. The standard InChI is InChI=1S/C17H29NO4/c1-3-14(22-12-8-4-5-9-12)15(19)18-17(2)11-7-6-10-13(17)16(20)21/h12-14H,3-11H2,1-2H3,(H,18,19)(H,20,21). The summed E-state index contributed by atoms with van der Waals surface area (Å²) in [7, 11) is 0. The zero-order valence-electron chi connectivity index (χ0n) is 13.8. The van der Waals surface area contributed by atoms with E-state index in [1.54, 1.807) is 0 Å². The molecule has 126 valence electrons. The highest BCUT2D eigenvalue weighted by atomic mass is 16.5. The largest absolute Gasteiger partial charge is 0.481 e. The fourth-order valence-corrected chi connectivity index (χ4v) is 3.84. The summed E-state index contributed by atoms with van der Waals surface area (Å²) >= 11 is 0. The van der Waals surface area contributed by atoms with Crippen LogP contribution in [-0.2, 0) is 14.3 Å². The molecule has 2 aliphatic carbocycles. The molecule has 5 heteroatoms. The van der Waals surface area contributed by atoms with E-state index >= 15 is 0 Å². The second-order valence-corrected chi connectivity index (χ2v) is 6.98. The molecule has 0 spiro atoms. The van der Waals surface area contributed by atoms with Crippen molar-refractivity contribution >= 4 is 11.9 Å². The van der Waals surface area contributed by atoms with Gasteiger partial charge >= 0.3 is 5.97 Å². The smallest absolute Gasteiger partial charge is 0.308 e. The Bertz CT molecular complexity index is 405. The van der Waals surface area contributed by atoms with Crippen molar-refractivity contribution in [1.29, 1.82) is 0 Å². The van der Waals surface area contributed by atoms with Crippen LogP contribution in [0.5, 0.6) is 0 Å². The van der Waals surface area contributed by atoms with Crippen LogP contribution in [0.2, 0.25) is 0 Å². The lowest BCUT2D eigenvalue weighted by Gasteiger charge is -2.40. The summed E-state index contributed by atoms with van der Waals surface area (Å²) in [5.41, 5.74) is -0.659. The van der Waals surface area contributed by atoms with E-state index in [2.05, 4.69) is 5.32 Å². The molecule has 1 amide bonds. The quantitative estimate of drug-likeness (QED) is 0.791. The molecule has 3 atom stereocenters. The number of carboxylic acids is 1. The normalized spacial score (nSPS) is 30.9. The van der Waals surface area contributed by atoms with Crippen molar-refractivity contribution in [3.05, 3.63) is 0 Å². The Hall–Kier alpha value is -1.10. The first kappa shape index (κ1) is 17.3. The number of rotatable bonds is 6. The van der Waals surface area contributed by atoms with Crippen molar-refractivity contribution in [2.75, 3.05) is 0 Å². The van der Waals surface area contributed by atoms with Gasteiger partial charge in [0.15, 0.2) is 0 Å². The summed E-state index contributed by atoms with van der Waals surface area (Å²) in [5.74, 6) is -1.47. The van der Waals surface area contributed by atoms with Gasteiger partial charge in [-0.3, -0.25) is 9.59 Å². The van der Waals surface area contributed by atoms with Gasteiger partial charge in [-0.15, -0.1) is 0 Å². The molecule has 0 aromatic carbocycles. The summed E-state index contributed by atoms with van der Waals surface area (Å²) in [5, 5.41) is 12.4. The van der Waals surface area contributed by atoms with Crippen LogP contribution in [0, 0.1) is 5.92 Å². The van der Waals surface area contributed by atoms with Crippen molar-refractivity contribution in [3.63, 3.8) is 0 Å². The van der Waals surface area contributed by atoms with Gasteiger partial charge in [-0.2, -0.15) is 0 Å². The predicted molar refractivity (Wildman–Crippen MR) is 83.6 cm³/mol. The van der Waals surface area contributed by atoms with Crippen molar-refractivity contribution in [3.8, 4) is 0 Å². The summed E-state index contributed by atoms with van der Waals surface area (Å²) in [4.78, 5) is 24.1. The van der Waals surface area contributed by atoms with Crippen molar-refractivity contribution in [2.45, 2.75) is 89.4 Å². The average Bonchev–Trinajstić information content (AvgIpc) is 2.97. The van der Waals surface area contributed by atoms with Gasteiger partial charge in [-0.25, -0.2) is 0 Å². The van der Waals surface area contributed by atoms with Gasteiger partial charge in [0.05, 0.1) is 17.6 Å². The molecule has 0 saturated heterocycles. The van der Waals surface area contributed by atoms with Crippen LogP contribution in [0.1, 0.15) is 71.6 Å². The zero-order valence-corrected chi connectivity index (χ0v) is 13.8. The third kappa shape index (κ3) is 4.00. The predicted octanol–water partition coefficient (Wildman–Crippen LogP) is 2.87. The number of amides is 1. The van der Waals surface area contributed by atoms with Crippen LogP contribution < -0.4 is 5.32 Å². The fraction of sp³-hybridized carbons (Fsp3) is 0.882. The highest BCUT2D eigenvalue weighted by Crippen LogP contribution is 2.34. The molecule has 0 aromatic heterocycles. The van der Waals surface area contributed by atoms with E-state index in [1.165, 1.54) is 12.8 Å². The number of carbonyl (C=O) groups excluding carboxylic acids is 1. The second-order valence-electron chi connectivity index (χ2n) is 6.98. The maximum atomic E-state index is 12.6. The molecule has 2 aliphatic rings. The minimum absolute atomic E-state index is 0.148. The van der Waals surface area contributed by atoms with Gasteiger partial charge in [0, 0.05) is 0 Å². The van der Waals surface area contributed by atoms with E-state index < -0.39 is 23.5 Å². The van der Waals surface area contributed by atoms with Crippen LogP contribution in [0.15, 0.2) is 0 Å². The number of carbonyl (C=O) groups is 2. The minimum atomic E-state index is -0.813. The average molecular weight is 311 g/mol. The third-order valence-corrected chi connectivity index (χ3v) is 5.24. The molecule has 0 radical (unpaired) electrons. The topological polar surface area (TPSA) is 75.6 Å². The Labute approximate surface area is 132 Å². The Kier molecular flexibility index (Phi) is 5.84. The summed E-state index contributed by atoms with van der Waals surface area (Å²) in [6, 6.07) is 0. The lowest BCUT2D eigenvalue weighted by Crippen LogP contribution is -2.57. The molecule has 3 unspecified atom stereocenters. The molecule has 0 aromatic rings. The van der Waals surface area contributed by atoms with Crippen LogP contribution in [0.25, 0.3) is 0 Å². The number of ether oxygens (including phenoxy) is 1. The fourth-order valence-electron chi connectivity index (χ4n) is 3.84. The Morgan fingerprint density at radius 3 is 2.45 bits per heavy atom. The first-order chi connectivity index (χ1) is 10.5. The minimum Gasteiger partial charge on any atom is -0.481 e. The van der Waals surface area contributed by atoms with Gasteiger partial charge in [-0.05, 0) is 39.0 Å². The third-order valence-electron chi connectivity index (χ3n) is 5.24. The molecule has 2 saturated carbocycles. The molecule has 22 heavy (non-hydrogen) atoms. The molecule has 0 bridgehead atoms. The van der Waals surface area contributed by atoms with Crippen LogP contribution in [-0.4, -0.2) is 34.7 Å². The van der Waals surface area contributed by atoms with Crippen molar-refractivity contribution in [2.24, 2.45) is 5.92 Å². The van der Waals surface area contributed by atoms with Crippen molar-refractivity contribution in [1.82, 2.24) is 5.32 Å². The van der Waals surface area contributed by atoms with Crippen LogP contribution in [0.4, 0.5) is 0 Å². The van der Waals surface area contributed by atoms with E-state index in [0.29, 0.717) is 12.8 Å². The lowest BCUT2D eigenvalue weighted by molar-refractivity contribution is -0.149. The Morgan fingerprint density at radius 1 is 1.23 bits per heavy atom. The number of nitrogens with one attached hydrogen (secondary N) is 1. The molecule has 0 aliphatic heterocycles. The summed E-state index contributed by atoms with van der Waals surface area (Å²) in [6.07, 6.45) is 7.96. The van der Waals surface area contributed by atoms with Gasteiger partial charge in [-0.1, -0.05) is 32.6 Å². The Morgan fingerprint density at radius 2 is 1.86 bits per heavy atom. The maximum Gasteiger partial charge on any atom is 0.308 e. The van der Waals surface area contributed by atoms with Gasteiger partial charge in [0.1, 0.15) is 6.10 Å². The van der Waals surface area contributed by atoms with E-state index in [1.807, 2.05) is 13.8 Å². The highest BCUT2D eigenvalue weighted by molar-refractivity contribution is 5.83. The SMILES string of the molecule is CCC(OC1CCCC1)C(=O)NC1(C)CCCCC1C(=O)O. The number of carboxylic acid groups (broad SMARTS) is 1. The molecular formula is C17H29NO4. The van der Waals surface area contributed by atoms with Crippen LogP contribution >= 0.6 is 0 Å². The first-order valence-electron chi connectivity index (χ1n) is 8.66. The molecular weight excluding hydrogens is 282 g/mol. The second kappa shape index (κ2) is 7.44. The molecule has 0 heterocycles. The molecule has 2 rings (SSSR count). The number of aliphatic carboxylic acids is 1.